The van der Waals surface area contributed by atoms with Gasteiger partial charge in [-0.25, -0.2) is 4.79 Å². The summed E-state index contributed by atoms with van der Waals surface area (Å²) in [7, 11) is 0. The normalized spacial score (nSPS) is 11.5. The van der Waals surface area contributed by atoms with Crippen LogP contribution in [-0.4, -0.2) is 22.9 Å². The molecule has 0 aliphatic carbocycles. The number of nitrogens with two attached hydrogens (primary N) is 1. The van der Waals surface area contributed by atoms with Crippen LogP contribution in [0.1, 0.15) is 38.7 Å². The maximum atomic E-state index is 12.3. The Balaban J connectivity index is 2.18. The van der Waals surface area contributed by atoms with Gasteiger partial charge in [0.05, 0.1) is 18.0 Å². The van der Waals surface area contributed by atoms with Crippen molar-refractivity contribution in [2.24, 2.45) is 5.73 Å². The maximum absolute atomic E-state index is 12.3. The Bertz CT molecular complexity index is 757. The topological polar surface area (TPSA) is 109 Å². The van der Waals surface area contributed by atoms with Crippen molar-refractivity contribution in [2.45, 2.75) is 12.5 Å². The van der Waals surface area contributed by atoms with E-state index in [1.807, 2.05) is 0 Å². The molecule has 2 aromatic carbocycles. The van der Waals surface area contributed by atoms with Crippen molar-refractivity contribution < 1.29 is 19.5 Å². The van der Waals surface area contributed by atoms with Crippen molar-refractivity contribution in [3.8, 4) is 0 Å². The van der Waals surface area contributed by atoms with Crippen LogP contribution in [0.25, 0.3) is 0 Å². The van der Waals surface area contributed by atoms with Crippen molar-refractivity contribution in [3.05, 3.63) is 70.2 Å². The first kappa shape index (κ1) is 17.5. The quantitative estimate of drug-likeness (QED) is 0.745. The molecule has 2 amide bonds. The van der Waals surface area contributed by atoms with E-state index in [1.54, 1.807) is 24.3 Å². The third-order valence-electron chi connectivity index (χ3n) is 3.38. The minimum atomic E-state index is -1.07. The number of rotatable bonds is 6. The molecule has 0 saturated heterocycles. The summed E-state index contributed by atoms with van der Waals surface area (Å²) >= 11 is 5.84. The van der Waals surface area contributed by atoms with E-state index in [9.17, 15) is 14.4 Å². The molecule has 4 N–H and O–H groups in total. The number of halogens is 1. The van der Waals surface area contributed by atoms with E-state index in [2.05, 4.69) is 5.32 Å². The minimum Gasteiger partial charge on any atom is -0.478 e. The SMILES string of the molecule is NC(=O)C[C@@H](NC(=O)c1ccc(C(=O)O)cc1)c1ccc(Cl)cc1. The number of carbonyl (C=O) groups is 3. The van der Waals surface area contributed by atoms with Gasteiger partial charge >= 0.3 is 5.97 Å². The van der Waals surface area contributed by atoms with Crippen molar-refractivity contribution in [3.63, 3.8) is 0 Å². The van der Waals surface area contributed by atoms with Crippen LogP contribution < -0.4 is 11.1 Å². The Kier molecular flexibility index (Phi) is 5.55. The molecule has 0 spiro atoms. The van der Waals surface area contributed by atoms with Gasteiger partial charge in [0, 0.05) is 10.6 Å². The molecule has 7 heteroatoms. The maximum Gasteiger partial charge on any atom is 0.335 e. The number of carbonyl (C=O) groups excluding carboxylic acids is 2. The lowest BCUT2D eigenvalue weighted by Crippen LogP contribution is -2.31. The summed E-state index contributed by atoms with van der Waals surface area (Å²) < 4.78 is 0. The number of amides is 2. The van der Waals surface area contributed by atoms with Crippen LogP contribution >= 0.6 is 11.6 Å². The highest BCUT2D eigenvalue weighted by atomic mass is 35.5. The van der Waals surface area contributed by atoms with Crippen LogP contribution in [-0.2, 0) is 4.79 Å². The van der Waals surface area contributed by atoms with E-state index in [1.165, 1.54) is 24.3 Å². The summed E-state index contributed by atoms with van der Waals surface area (Å²) in [6, 6.07) is 11.6. The second-order valence-electron chi connectivity index (χ2n) is 5.13. The van der Waals surface area contributed by atoms with Crippen LogP contribution in [0.3, 0.4) is 0 Å². The molecule has 0 radical (unpaired) electrons. The fourth-order valence-corrected chi connectivity index (χ4v) is 2.28. The Labute approximate surface area is 143 Å². The van der Waals surface area contributed by atoms with Gasteiger partial charge in [-0.1, -0.05) is 23.7 Å². The standard InChI is InChI=1S/C17H15ClN2O4/c18-13-7-5-10(6-8-13)14(9-15(19)21)20-16(22)11-1-3-12(4-2-11)17(23)24/h1-8,14H,9H2,(H2,19,21)(H,20,22)(H,23,24)/t14-/m1/s1. The predicted octanol–water partition coefficient (Wildman–Crippen LogP) is 2.38. The number of hydrogen-bond donors (Lipinski definition) is 3. The Morgan fingerprint density at radius 2 is 1.54 bits per heavy atom. The number of hydrogen-bond acceptors (Lipinski definition) is 3. The van der Waals surface area contributed by atoms with Crippen molar-refractivity contribution in [1.29, 1.82) is 0 Å². The molecule has 0 unspecified atom stereocenters. The monoisotopic (exact) mass is 346 g/mol. The molecular formula is C17H15ClN2O4. The Morgan fingerprint density at radius 1 is 1.00 bits per heavy atom. The van der Waals surface area contributed by atoms with E-state index < -0.39 is 23.8 Å². The number of carboxylic acids is 1. The van der Waals surface area contributed by atoms with E-state index in [0.717, 1.165) is 0 Å². The van der Waals surface area contributed by atoms with Gasteiger partial charge in [0.15, 0.2) is 0 Å². The first-order chi connectivity index (χ1) is 11.4. The smallest absolute Gasteiger partial charge is 0.335 e. The highest BCUT2D eigenvalue weighted by Gasteiger charge is 2.18. The van der Waals surface area contributed by atoms with E-state index in [-0.39, 0.29) is 17.5 Å². The summed E-state index contributed by atoms with van der Waals surface area (Å²) in [5.41, 5.74) is 6.30. The molecule has 2 rings (SSSR count). The Hall–Kier alpha value is -2.86. The molecule has 0 fully saturated rings. The van der Waals surface area contributed by atoms with Crippen LogP contribution in [0.5, 0.6) is 0 Å². The minimum absolute atomic E-state index is 0.0689. The molecule has 0 bridgehead atoms. The zero-order valence-electron chi connectivity index (χ0n) is 12.5. The van der Waals surface area contributed by atoms with Crippen LogP contribution in [0.2, 0.25) is 5.02 Å². The van der Waals surface area contributed by atoms with Crippen LogP contribution in [0.15, 0.2) is 48.5 Å². The van der Waals surface area contributed by atoms with Gasteiger partial charge in [-0.3, -0.25) is 9.59 Å². The molecule has 1 atom stereocenters. The largest absolute Gasteiger partial charge is 0.478 e. The summed E-state index contributed by atoms with van der Waals surface area (Å²) in [6.45, 7) is 0. The lowest BCUT2D eigenvalue weighted by Gasteiger charge is -2.18. The average molecular weight is 347 g/mol. The van der Waals surface area contributed by atoms with Crippen molar-refractivity contribution in [2.75, 3.05) is 0 Å². The fourth-order valence-electron chi connectivity index (χ4n) is 2.15. The Morgan fingerprint density at radius 3 is 2.04 bits per heavy atom. The third-order valence-corrected chi connectivity index (χ3v) is 3.63. The fraction of sp³-hybridized carbons (Fsp3) is 0.118. The van der Waals surface area contributed by atoms with Gasteiger partial charge < -0.3 is 16.2 Å². The second-order valence-corrected chi connectivity index (χ2v) is 5.57. The van der Waals surface area contributed by atoms with Crippen LogP contribution in [0, 0.1) is 0 Å². The molecule has 0 aliphatic heterocycles. The number of nitrogens with one attached hydrogen (secondary N) is 1. The number of aromatic carboxylic acids is 1. The summed E-state index contributed by atoms with van der Waals surface area (Å²) in [4.78, 5) is 34.4. The lowest BCUT2D eigenvalue weighted by atomic mass is 10.0. The van der Waals surface area contributed by atoms with E-state index >= 15 is 0 Å². The van der Waals surface area contributed by atoms with Gasteiger partial charge in [0.2, 0.25) is 5.91 Å². The predicted molar refractivity (Wildman–Crippen MR) is 88.9 cm³/mol. The molecule has 0 heterocycles. The highest BCUT2D eigenvalue weighted by Crippen LogP contribution is 2.20. The summed E-state index contributed by atoms with van der Waals surface area (Å²) in [6.07, 6.45) is -0.0689. The summed E-state index contributed by atoms with van der Waals surface area (Å²) in [5.74, 6) is -2.07. The number of benzene rings is 2. The number of primary amides is 1. The summed E-state index contributed by atoms with van der Waals surface area (Å²) in [5, 5.41) is 12.1. The van der Waals surface area contributed by atoms with Gasteiger partial charge in [-0.05, 0) is 42.0 Å². The van der Waals surface area contributed by atoms with Crippen molar-refractivity contribution in [1.82, 2.24) is 5.32 Å². The molecule has 124 valence electrons. The average Bonchev–Trinajstić information content (AvgIpc) is 2.54. The molecule has 0 saturated carbocycles. The molecule has 6 nitrogen and oxygen atoms in total. The number of carboxylic acid groups (broad SMARTS) is 1. The lowest BCUT2D eigenvalue weighted by molar-refractivity contribution is -0.118. The zero-order chi connectivity index (χ0) is 17.7. The second kappa shape index (κ2) is 7.61. The zero-order valence-corrected chi connectivity index (χ0v) is 13.3. The molecule has 0 aliphatic rings. The van der Waals surface area contributed by atoms with Gasteiger partial charge in [-0.2, -0.15) is 0 Å². The molecule has 2 aromatic rings. The first-order valence-electron chi connectivity index (χ1n) is 7.05. The first-order valence-corrected chi connectivity index (χ1v) is 7.42. The van der Waals surface area contributed by atoms with E-state index in [0.29, 0.717) is 10.6 Å². The van der Waals surface area contributed by atoms with E-state index in [4.69, 9.17) is 22.4 Å². The van der Waals surface area contributed by atoms with Crippen molar-refractivity contribution >= 4 is 29.4 Å². The highest BCUT2D eigenvalue weighted by molar-refractivity contribution is 6.30. The molecule has 0 aromatic heterocycles. The molecular weight excluding hydrogens is 332 g/mol. The third kappa shape index (κ3) is 4.57. The van der Waals surface area contributed by atoms with Gasteiger partial charge in [-0.15, -0.1) is 0 Å². The van der Waals surface area contributed by atoms with Crippen LogP contribution in [0.4, 0.5) is 0 Å². The van der Waals surface area contributed by atoms with Gasteiger partial charge in [0.25, 0.3) is 5.91 Å². The van der Waals surface area contributed by atoms with Gasteiger partial charge in [0.1, 0.15) is 0 Å². The molecule has 24 heavy (non-hydrogen) atoms.